The maximum atomic E-state index is 14.8. The van der Waals surface area contributed by atoms with Crippen molar-refractivity contribution in [1.29, 1.82) is 0 Å². The van der Waals surface area contributed by atoms with Gasteiger partial charge in [0, 0.05) is 31.5 Å². The van der Waals surface area contributed by atoms with Crippen LogP contribution in [0, 0.1) is 12.4 Å². The molecule has 1 aliphatic rings. The molecule has 34 heavy (non-hydrogen) atoms. The highest BCUT2D eigenvalue weighted by atomic mass is 19.1. The predicted molar refractivity (Wildman–Crippen MR) is 127 cm³/mol. The van der Waals surface area contributed by atoms with E-state index < -0.39 is 5.82 Å². The Kier molecular flexibility index (Phi) is 7.04. The van der Waals surface area contributed by atoms with Gasteiger partial charge >= 0.3 is 0 Å². The minimum absolute atomic E-state index is 0.00229. The van der Waals surface area contributed by atoms with Crippen LogP contribution in [0.4, 0.5) is 21.6 Å². The van der Waals surface area contributed by atoms with Crippen molar-refractivity contribution in [2.75, 3.05) is 31.7 Å². The first-order valence-corrected chi connectivity index (χ1v) is 11.0. The van der Waals surface area contributed by atoms with E-state index in [2.05, 4.69) is 9.83 Å². The Morgan fingerprint density at radius 2 is 2.06 bits per heavy atom. The Balaban J connectivity index is 1.44. The van der Waals surface area contributed by atoms with Gasteiger partial charge in [0.05, 0.1) is 19.2 Å². The molecule has 1 saturated heterocycles. The van der Waals surface area contributed by atoms with E-state index in [4.69, 9.17) is 16.0 Å². The van der Waals surface area contributed by atoms with Crippen molar-refractivity contribution in [3.05, 3.63) is 83.6 Å². The number of hydrogen-bond donors (Lipinski definition) is 0. The molecule has 1 unspecified atom stereocenters. The van der Waals surface area contributed by atoms with Crippen LogP contribution in [0.2, 0.25) is 0 Å². The molecule has 2 heterocycles. The second-order valence-electron chi connectivity index (χ2n) is 7.93. The number of nitrogens with zero attached hydrogens (tertiary/aromatic N) is 4. The second kappa shape index (κ2) is 10.3. The normalized spacial score (nSPS) is 15.6. The number of anilines is 2. The van der Waals surface area contributed by atoms with Gasteiger partial charge in [-0.1, -0.05) is 24.3 Å². The van der Waals surface area contributed by atoms with Crippen molar-refractivity contribution >= 4 is 23.1 Å². The molecule has 4 rings (SSSR count). The Morgan fingerprint density at radius 3 is 2.76 bits per heavy atom. The van der Waals surface area contributed by atoms with E-state index in [1.54, 1.807) is 54.5 Å². The lowest BCUT2D eigenvalue weighted by molar-refractivity contribution is -0.147. The molecule has 1 aliphatic heterocycles. The number of carbonyl (C=O) groups excluding carboxylic acids is 1. The van der Waals surface area contributed by atoms with E-state index in [9.17, 15) is 9.18 Å². The van der Waals surface area contributed by atoms with E-state index in [-0.39, 0.29) is 24.3 Å². The SMILES string of the molecule is [C-]#[N+]c1cccnc1N(C)c1ccc(Oc2ccc(CC3COCC(=O)N3CC)cc2)c(F)c1. The van der Waals surface area contributed by atoms with E-state index in [1.165, 1.54) is 6.07 Å². The third-order valence-corrected chi connectivity index (χ3v) is 5.77. The van der Waals surface area contributed by atoms with Crippen LogP contribution in [-0.2, 0) is 16.0 Å². The van der Waals surface area contributed by atoms with Crippen molar-refractivity contribution in [1.82, 2.24) is 9.88 Å². The zero-order valence-corrected chi connectivity index (χ0v) is 19.1. The van der Waals surface area contributed by atoms with Gasteiger partial charge in [0.2, 0.25) is 11.6 Å². The predicted octanol–water partition coefficient (Wildman–Crippen LogP) is 5.12. The van der Waals surface area contributed by atoms with Gasteiger partial charge in [-0.15, -0.1) is 0 Å². The topological polar surface area (TPSA) is 59.3 Å². The van der Waals surface area contributed by atoms with Crippen LogP contribution < -0.4 is 9.64 Å². The average Bonchev–Trinajstić information content (AvgIpc) is 2.86. The van der Waals surface area contributed by atoms with Crippen LogP contribution in [0.1, 0.15) is 12.5 Å². The quantitative estimate of drug-likeness (QED) is 0.458. The lowest BCUT2D eigenvalue weighted by Crippen LogP contribution is -2.50. The Morgan fingerprint density at radius 1 is 1.26 bits per heavy atom. The maximum absolute atomic E-state index is 14.8. The molecule has 8 heteroatoms. The van der Waals surface area contributed by atoms with E-state index in [1.807, 2.05) is 24.0 Å². The molecule has 1 amide bonds. The molecule has 0 saturated carbocycles. The highest BCUT2D eigenvalue weighted by Gasteiger charge is 2.27. The van der Waals surface area contributed by atoms with Crippen molar-refractivity contribution in [2.45, 2.75) is 19.4 Å². The Bertz CT molecular complexity index is 1210. The molecule has 0 radical (unpaired) electrons. The van der Waals surface area contributed by atoms with Gasteiger partial charge in [0.15, 0.2) is 11.6 Å². The maximum Gasteiger partial charge on any atom is 0.248 e. The number of likely N-dealkylation sites (N-methyl/N-ethyl adjacent to an activating group) is 1. The van der Waals surface area contributed by atoms with Gasteiger partial charge in [0.25, 0.3) is 0 Å². The summed E-state index contributed by atoms with van der Waals surface area (Å²) in [6.45, 7) is 10.6. The van der Waals surface area contributed by atoms with Crippen molar-refractivity contribution in [2.24, 2.45) is 0 Å². The first kappa shape index (κ1) is 23.2. The van der Waals surface area contributed by atoms with E-state index >= 15 is 0 Å². The third kappa shape index (κ3) is 5.00. The number of aromatic nitrogens is 1. The van der Waals surface area contributed by atoms with Crippen molar-refractivity contribution in [3.63, 3.8) is 0 Å². The molecule has 1 atom stereocenters. The number of amides is 1. The molecule has 1 fully saturated rings. The van der Waals surface area contributed by atoms with Gasteiger partial charge in [-0.25, -0.2) is 9.24 Å². The minimum Gasteiger partial charge on any atom is -0.454 e. The Hall–Kier alpha value is -3.96. The van der Waals surface area contributed by atoms with Crippen LogP contribution in [0.5, 0.6) is 11.5 Å². The summed E-state index contributed by atoms with van der Waals surface area (Å²) in [5.41, 5.74) is 1.98. The van der Waals surface area contributed by atoms with Crippen molar-refractivity contribution < 1.29 is 18.7 Å². The molecule has 3 aromatic rings. The summed E-state index contributed by atoms with van der Waals surface area (Å²) in [4.78, 5) is 23.2. The van der Waals surface area contributed by atoms with Crippen LogP contribution in [0.15, 0.2) is 60.8 Å². The first-order valence-electron chi connectivity index (χ1n) is 11.0. The van der Waals surface area contributed by atoms with Crippen LogP contribution in [0.25, 0.3) is 4.85 Å². The molecule has 1 aromatic heterocycles. The zero-order valence-electron chi connectivity index (χ0n) is 19.1. The number of benzene rings is 2. The minimum atomic E-state index is -0.523. The average molecular weight is 461 g/mol. The molecule has 0 N–H and O–H groups in total. The van der Waals surface area contributed by atoms with Gasteiger partial charge in [-0.05, 0) is 43.2 Å². The molecule has 0 aliphatic carbocycles. The summed E-state index contributed by atoms with van der Waals surface area (Å²) in [6, 6.07) is 15.4. The molecule has 7 nitrogen and oxygen atoms in total. The molecule has 2 aromatic carbocycles. The number of pyridine rings is 1. The van der Waals surface area contributed by atoms with Crippen LogP contribution in [0.3, 0.4) is 0 Å². The number of rotatable bonds is 7. The Labute approximate surface area is 198 Å². The zero-order chi connectivity index (χ0) is 24.1. The number of ether oxygens (including phenoxy) is 2. The lowest BCUT2D eigenvalue weighted by Gasteiger charge is -2.34. The summed E-state index contributed by atoms with van der Waals surface area (Å²) < 4.78 is 26.0. The third-order valence-electron chi connectivity index (χ3n) is 5.77. The largest absolute Gasteiger partial charge is 0.454 e. The standard InChI is InChI=1S/C26H25FN4O3/c1-4-31-20(16-33-17-25(31)32)14-18-7-10-21(11-8-18)34-24-12-9-19(15-22(24)27)30(3)26-23(28-2)6-5-13-29-26/h5-13,15,20H,4,14,16-17H2,1,3H3. The fourth-order valence-electron chi connectivity index (χ4n) is 3.99. The van der Waals surface area contributed by atoms with Crippen LogP contribution in [-0.4, -0.2) is 48.6 Å². The monoisotopic (exact) mass is 460 g/mol. The number of carbonyl (C=O) groups is 1. The summed E-state index contributed by atoms with van der Waals surface area (Å²) >= 11 is 0. The molecular weight excluding hydrogens is 435 g/mol. The van der Waals surface area contributed by atoms with Crippen molar-refractivity contribution in [3.8, 4) is 11.5 Å². The summed E-state index contributed by atoms with van der Waals surface area (Å²) in [7, 11) is 1.73. The molecular formula is C26H25FN4O3. The highest BCUT2D eigenvalue weighted by Crippen LogP contribution is 2.33. The smallest absolute Gasteiger partial charge is 0.248 e. The summed E-state index contributed by atoms with van der Waals surface area (Å²) in [5, 5.41) is 0. The van der Waals surface area contributed by atoms with Gasteiger partial charge in [-0.2, -0.15) is 0 Å². The highest BCUT2D eigenvalue weighted by molar-refractivity contribution is 5.78. The summed E-state index contributed by atoms with van der Waals surface area (Å²) in [5.74, 6) is 0.543. The fraction of sp³-hybridized carbons (Fsp3) is 0.269. The van der Waals surface area contributed by atoms with Crippen LogP contribution >= 0.6 is 0 Å². The van der Waals surface area contributed by atoms with E-state index in [0.29, 0.717) is 42.5 Å². The second-order valence-corrected chi connectivity index (χ2v) is 7.93. The number of morpholine rings is 1. The van der Waals surface area contributed by atoms with Gasteiger partial charge in [0.1, 0.15) is 18.2 Å². The fourth-order valence-corrected chi connectivity index (χ4v) is 3.99. The first-order chi connectivity index (χ1) is 16.5. The molecule has 0 spiro atoms. The molecule has 174 valence electrons. The van der Waals surface area contributed by atoms with Gasteiger partial charge < -0.3 is 19.3 Å². The molecule has 0 bridgehead atoms. The van der Waals surface area contributed by atoms with E-state index in [0.717, 1.165) is 5.56 Å². The lowest BCUT2D eigenvalue weighted by atomic mass is 10.0. The summed E-state index contributed by atoms with van der Waals surface area (Å²) in [6.07, 6.45) is 2.27. The number of halogens is 1. The van der Waals surface area contributed by atoms with Gasteiger partial charge in [-0.3, -0.25) is 9.78 Å². The number of hydrogen-bond acceptors (Lipinski definition) is 5.